The molecule has 0 radical (unpaired) electrons. The monoisotopic (exact) mass is 246 g/mol. The molecule has 1 aromatic carbocycles. The summed E-state index contributed by atoms with van der Waals surface area (Å²) < 4.78 is 7.09. The van der Waals surface area contributed by atoms with Gasteiger partial charge in [0.25, 0.3) is 6.47 Å². The van der Waals surface area contributed by atoms with E-state index in [9.17, 15) is 4.79 Å². The van der Waals surface area contributed by atoms with E-state index in [1.54, 1.807) is 0 Å². The number of hydrogen-bond acceptors (Lipinski definition) is 2. The van der Waals surface area contributed by atoms with Crippen LogP contribution in [0.15, 0.2) is 24.3 Å². The fraction of sp³-hybridized carbons (Fsp3) is 0.467. The molecule has 0 atom stereocenters. The Bertz CT molecular complexity index is 489. The van der Waals surface area contributed by atoms with Gasteiger partial charge < -0.3 is 4.74 Å². The van der Waals surface area contributed by atoms with E-state index >= 15 is 0 Å². The second-order valence-electron chi connectivity index (χ2n) is 5.20. The molecule has 1 aromatic rings. The van der Waals surface area contributed by atoms with Gasteiger partial charge in [0.15, 0.2) is 12.3 Å². The molecule has 0 saturated carbocycles. The summed E-state index contributed by atoms with van der Waals surface area (Å²) in [7, 11) is 0. The molecular formula is C15H20NO2+. The van der Waals surface area contributed by atoms with E-state index in [-0.39, 0.29) is 5.41 Å². The predicted octanol–water partition coefficient (Wildman–Crippen LogP) is 2.65. The Morgan fingerprint density at radius 1 is 1.33 bits per heavy atom. The summed E-state index contributed by atoms with van der Waals surface area (Å²) >= 11 is 0. The molecule has 0 amide bonds. The van der Waals surface area contributed by atoms with Crippen LogP contribution >= 0.6 is 0 Å². The third-order valence-corrected chi connectivity index (χ3v) is 3.89. The number of ether oxygens (including phenoxy) is 1. The van der Waals surface area contributed by atoms with E-state index < -0.39 is 0 Å². The van der Waals surface area contributed by atoms with Gasteiger partial charge in [0.1, 0.15) is 0 Å². The first-order valence-electron chi connectivity index (χ1n) is 6.35. The molecular weight excluding hydrogens is 226 g/mol. The standard InChI is InChI=1S/C15H20NO2/c1-12-15(2,3)13-7-4-5-8-14(13)16(12)9-6-10-18-11-17/h4-5,7-8,11H,6,9-10H2,1-3H3/q+1. The quantitative estimate of drug-likeness (QED) is 0.454. The fourth-order valence-electron chi connectivity index (χ4n) is 2.59. The van der Waals surface area contributed by atoms with Gasteiger partial charge in [-0.05, 0) is 13.8 Å². The Hall–Kier alpha value is -1.64. The average Bonchev–Trinajstić information content (AvgIpc) is 2.56. The maximum absolute atomic E-state index is 10.1. The summed E-state index contributed by atoms with van der Waals surface area (Å²) in [5, 5.41) is 0. The van der Waals surface area contributed by atoms with E-state index in [1.807, 2.05) is 0 Å². The molecule has 0 aromatic heterocycles. The van der Waals surface area contributed by atoms with Crippen LogP contribution in [0.1, 0.15) is 32.8 Å². The highest BCUT2D eigenvalue weighted by molar-refractivity contribution is 5.93. The highest BCUT2D eigenvalue weighted by Gasteiger charge is 2.42. The van der Waals surface area contributed by atoms with Crippen molar-refractivity contribution in [2.24, 2.45) is 0 Å². The van der Waals surface area contributed by atoms with Crippen LogP contribution in [0.2, 0.25) is 0 Å². The lowest BCUT2D eigenvalue weighted by molar-refractivity contribution is -0.440. The maximum atomic E-state index is 10.1. The second-order valence-corrected chi connectivity index (χ2v) is 5.20. The smallest absolute Gasteiger partial charge is 0.293 e. The molecule has 2 rings (SSSR count). The number of benzene rings is 1. The van der Waals surface area contributed by atoms with E-state index in [0.717, 1.165) is 13.0 Å². The number of para-hydroxylation sites is 1. The van der Waals surface area contributed by atoms with Crippen molar-refractivity contribution < 1.29 is 14.1 Å². The molecule has 18 heavy (non-hydrogen) atoms. The topological polar surface area (TPSA) is 29.3 Å². The number of carbonyl (C=O) groups excluding carboxylic acids is 1. The Morgan fingerprint density at radius 3 is 2.78 bits per heavy atom. The molecule has 1 heterocycles. The SMILES string of the molecule is CC1=[N+](CCCOC=O)c2ccccc2C1(C)C. The van der Waals surface area contributed by atoms with Crippen molar-refractivity contribution in [1.82, 2.24) is 0 Å². The molecule has 0 unspecified atom stereocenters. The predicted molar refractivity (Wildman–Crippen MR) is 71.6 cm³/mol. The Morgan fingerprint density at radius 2 is 2.06 bits per heavy atom. The Balaban J connectivity index is 2.23. The molecule has 3 nitrogen and oxygen atoms in total. The number of carbonyl (C=O) groups is 1. The molecule has 0 saturated heterocycles. The lowest BCUT2D eigenvalue weighted by Gasteiger charge is -2.14. The van der Waals surface area contributed by atoms with Gasteiger partial charge in [0.2, 0.25) is 5.69 Å². The first-order valence-corrected chi connectivity index (χ1v) is 6.35. The van der Waals surface area contributed by atoms with Crippen LogP contribution in [-0.2, 0) is 14.9 Å². The summed E-state index contributed by atoms with van der Waals surface area (Å²) in [6.07, 6.45) is 0.848. The molecule has 0 N–H and O–H groups in total. The van der Waals surface area contributed by atoms with Crippen LogP contribution in [0.25, 0.3) is 0 Å². The minimum Gasteiger partial charge on any atom is -0.468 e. The minimum atomic E-state index is 0.0854. The van der Waals surface area contributed by atoms with Crippen LogP contribution in [0.5, 0.6) is 0 Å². The van der Waals surface area contributed by atoms with Crippen molar-refractivity contribution in [3.63, 3.8) is 0 Å². The number of fused-ring (bicyclic) bond motifs is 1. The van der Waals surface area contributed by atoms with Crippen molar-refractivity contribution in [2.75, 3.05) is 13.2 Å². The molecule has 3 heteroatoms. The normalized spacial score (nSPS) is 16.6. The van der Waals surface area contributed by atoms with Gasteiger partial charge in [-0.25, -0.2) is 0 Å². The fourth-order valence-corrected chi connectivity index (χ4v) is 2.59. The van der Waals surface area contributed by atoms with Gasteiger partial charge in [0, 0.05) is 25.0 Å². The van der Waals surface area contributed by atoms with E-state index in [4.69, 9.17) is 4.74 Å². The van der Waals surface area contributed by atoms with Crippen molar-refractivity contribution in [3.05, 3.63) is 29.8 Å². The average molecular weight is 246 g/mol. The molecule has 0 spiro atoms. The zero-order chi connectivity index (χ0) is 13.2. The molecule has 96 valence electrons. The van der Waals surface area contributed by atoms with Crippen molar-refractivity contribution >= 4 is 17.9 Å². The van der Waals surface area contributed by atoms with Crippen molar-refractivity contribution in [3.8, 4) is 0 Å². The third kappa shape index (κ3) is 2.05. The highest BCUT2D eigenvalue weighted by Crippen LogP contribution is 2.39. The first kappa shape index (κ1) is 12.8. The van der Waals surface area contributed by atoms with Crippen LogP contribution < -0.4 is 0 Å². The van der Waals surface area contributed by atoms with Gasteiger partial charge >= 0.3 is 0 Å². The Kier molecular flexibility index (Phi) is 3.50. The van der Waals surface area contributed by atoms with Crippen LogP contribution in [-0.4, -0.2) is 29.9 Å². The molecule has 1 aliphatic heterocycles. The van der Waals surface area contributed by atoms with E-state index in [0.29, 0.717) is 13.1 Å². The lowest BCUT2D eigenvalue weighted by Crippen LogP contribution is -2.26. The van der Waals surface area contributed by atoms with Gasteiger partial charge in [-0.3, -0.25) is 4.79 Å². The summed E-state index contributed by atoms with van der Waals surface area (Å²) in [5.74, 6) is 0. The highest BCUT2D eigenvalue weighted by atomic mass is 16.5. The number of rotatable bonds is 5. The van der Waals surface area contributed by atoms with E-state index in [2.05, 4.69) is 49.6 Å². The van der Waals surface area contributed by atoms with Gasteiger partial charge in [0.05, 0.1) is 12.0 Å². The van der Waals surface area contributed by atoms with Crippen LogP contribution in [0, 0.1) is 0 Å². The first-order chi connectivity index (χ1) is 8.59. The molecule has 0 fully saturated rings. The van der Waals surface area contributed by atoms with Crippen molar-refractivity contribution in [1.29, 1.82) is 0 Å². The lowest BCUT2D eigenvalue weighted by atomic mass is 9.82. The third-order valence-electron chi connectivity index (χ3n) is 3.89. The van der Waals surface area contributed by atoms with Crippen LogP contribution in [0.3, 0.4) is 0 Å². The van der Waals surface area contributed by atoms with Gasteiger partial charge in [-0.1, -0.05) is 18.2 Å². The van der Waals surface area contributed by atoms with E-state index in [1.165, 1.54) is 17.0 Å². The largest absolute Gasteiger partial charge is 0.468 e. The molecule has 0 bridgehead atoms. The maximum Gasteiger partial charge on any atom is 0.293 e. The molecule has 1 aliphatic rings. The van der Waals surface area contributed by atoms with Crippen LogP contribution in [0.4, 0.5) is 5.69 Å². The van der Waals surface area contributed by atoms with Gasteiger partial charge in [-0.15, -0.1) is 0 Å². The summed E-state index contributed by atoms with van der Waals surface area (Å²) in [6.45, 7) is 8.57. The van der Waals surface area contributed by atoms with Crippen molar-refractivity contribution in [2.45, 2.75) is 32.6 Å². The number of nitrogens with zero attached hydrogens (tertiary/aromatic N) is 1. The summed E-state index contributed by atoms with van der Waals surface area (Å²) in [6, 6.07) is 8.52. The minimum absolute atomic E-state index is 0.0854. The summed E-state index contributed by atoms with van der Waals surface area (Å²) in [5.41, 5.74) is 4.10. The number of hydrogen-bond donors (Lipinski definition) is 0. The Labute approximate surface area is 108 Å². The zero-order valence-corrected chi connectivity index (χ0v) is 11.3. The van der Waals surface area contributed by atoms with Gasteiger partial charge in [-0.2, -0.15) is 4.58 Å². The zero-order valence-electron chi connectivity index (χ0n) is 11.3. The molecule has 0 aliphatic carbocycles. The summed E-state index contributed by atoms with van der Waals surface area (Å²) in [4.78, 5) is 10.1. The second kappa shape index (κ2) is 4.92.